The van der Waals surface area contributed by atoms with Gasteiger partial charge < -0.3 is 19.7 Å². The molecule has 5 nitrogen and oxygen atoms in total. The van der Waals surface area contributed by atoms with Gasteiger partial charge in [-0.25, -0.2) is 4.79 Å². The van der Waals surface area contributed by atoms with Crippen LogP contribution in [0.5, 0.6) is 11.5 Å². The van der Waals surface area contributed by atoms with E-state index in [1.807, 2.05) is 39.0 Å². The number of ether oxygens (including phenoxy) is 2. The SMILES string of the molecule is CCC(CC)c1sc(C(=O)O)cc1-c1ccc(OCC(C)(O)C(C)(C)C)c(OC)c1. The predicted octanol–water partition coefficient (Wildman–Crippen LogP) is 6.20. The second kappa shape index (κ2) is 9.40. The molecule has 0 aliphatic carbocycles. The number of hydrogen-bond acceptors (Lipinski definition) is 5. The Kier molecular flexibility index (Phi) is 7.59. The van der Waals surface area contributed by atoms with Crippen molar-refractivity contribution in [2.24, 2.45) is 5.41 Å². The van der Waals surface area contributed by atoms with Crippen LogP contribution in [0.2, 0.25) is 0 Å². The summed E-state index contributed by atoms with van der Waals surface area (Å²) in [4.78, 5) is 13.0. The third-order valence-corrected chi connectivity index (χ3v) is 7.21. The molecule has 1 aromatic carbocycles. The summed E-state index contributed by atoms with van der Waals surface area (Å²) in [5, 5.41) is 20.2. The Labute approximate surface area is 183 Å². The minimum absolute atomic E-state index is 0.132. The van der Waals surface area contributed by atoms with Crippen LogP contribution in [-0.4, -0.2) is 35.5 Å². The minimum Gasteiger partial charge on any atom is -0.493 e. The number of aromatic carboxylic acids is 1. The van der Waals surface area contributed by atoms with E-state index in [9.17, 15) is 15.0 Å². The molecule has 6 heteroatoms. The van der Waals surface area contributed by atoms with Crippen LogP contribution in [-0.2, 0) is 0 Å². The van der Waals surface area contributed by atoms with Gasteiger partial charge in [0, 0.05) is 4.88 Å². The highest BCUT2D eigenvalue weighted by Gasteiger charge is 2.36. The molecule has 0 aliphatic heterocycles. The molecule has 0 fully saturated rings. The lowest BCUT2D eigenvalue weighted by Gasteiger charge is -2.36. The number of benzene rings is 1. The number of aliphatic hydroxyl groups is 1. The molecule has 30 heavy (non-hydrogen) atoms. The molecule has 166 valence electrons. The van der Waals surface area contributed by atoms with E-state index >= 15 is 0 Å². The van der Waals surface area contributed by atoms with E-state index in [0.717, 1.165) is 28.8 Å². The van der Waals surface area contributed by atoms with Gasteiger partial charge >= 0.3 is 5.97 Å². The summed E-state index contributed by atoms with van der Waals surface area (Å²) < 4.78 is 11.5. The minimum atomic E-state index is -1.01. The van der Waals surface area contributed by atoms with Gasteiger partial charge in [-0.3, -0.25) is 0 Å². The summed E-state index contributed by atoms with van der Waals surface area (Å²) in [7, 11) is 1.58. The Hall–Kier alpha value is -2.05. The monoisotopic (exact) mass is 434 g/mol. The molecule has 0 spiro atoms. The Balaban J connectivity index is 2.42. The Morgan fingerprint density at radius 1 is 1.10 bits per heavy atom. The molecular formula is C24H34O5S. The predicted molar refractivity (Wildman–Crippen MR) is 122 cm³/mol. The van der Waals surface area contributed by atoms with Gasteiger partial charge in [-0.1, -0.05) is 40.7 Å². The molecule has 2 N–H and O–H groups in total. The number of rotatable bonds is 9. The first-order valence-corrected chi connectivity index (χ1v) is 11.2. The van der Waals surface area contributed by atoms with E-state index in [1.54, 1.807) is 20.1 Å². The maximum atomic E-state index is 11.6. The van der Waals surface area contributed by atoms with E-state index in [1.165, 1.54) is 11.3 Å². The highest BCUT2D eigenvalue weighted by Crippen LogP contribution is 2.42. The number of thiophene rings is 1. The fourth-order valence-electron chi connectivity index (χ4n) is 3.09. The summed E-state index contributed by atoms with van der Waals surface area (Å²) in [5.74, 6) is 0.496. The second-order valence-corrected chi connectivity index (χ2v) is 9.97. The van der Waals surface area contributed by atoms with Crippen LogP contribution in [0.3, 0.4) is 0 Å². The smallest absolute Gasteiger partial charge is 0.345 e. The standard InChI is InChI=1S/C24H34O5S/c1-8-15(9-2)21-17(13-20(30-21)22(25)26)16-10-11-18(19(12-16)28-7)29-14-24(6,27)23(3,4)5/h10-13,15,27H,8-9,14H2,1-7H3,(H,25,26). The molecule has 1 heterocycles. The van der Waals surface area contributed by atoms with Crippen LogP contribution in [0.1, 0.15) is 74.9 Å². The maximum Gasteiger partial charge on any atom is 0.345 e. The highest BCUT2D eigenvalue weighted by molar-refractivity contribution is 7.14. The fraction of sp³-hybridized carbons (Fsp3) is 0.542. The van der Waals surface area contributed by atoms with Gasteiger partial charge in [-0.05, 0) is 60.4 Å². The molecule has 0 saturated carbocycles. The first kappa shape index (κ1) is 24.2. The molecule has 0 radical (unpaired) electrons. The van der Waals surface area contributed by atoms with Crippen molar-refractivity contribution < 1.29 is 24.5 Å². The summed E-state index contributed by atoms with van der Waals surface area (Å²) >= 11 is 1.35. The number of hydrogen-bond donors (Lipinski definition) is 2. The van der Waals surface area contributed by atoms with Crippen LogP contribution in [0.15, 0.2) is 24.3 Å². The van der Waals surface area contributed by atoms with Crippen molar-refractivity contribution in [3.63, 3.8) is 0 Å². The van der Waals surface area contributed by atoms with Gasteiger partial charge in [0.05, 0.1) is 7.11 Å². The lowest BCUT2D eigenvalue weighted by Crippen LogP contribution is -2.45. The second-order valence-electron chi connectivity index (χ2n) is 8.89. The zero-order valence-corrected chi connectivity index (χ0v) is 19.9. The first-order chi connectivity index (χ1) is 13.9. The molecular weight excluding hydrogens is 400 g/mol. The summed E-state index contributed by atoms with van der Waals surface area (Å²) in [6, 6.07) is 7.37. The van der Waals surface area contributed by atoms with Crippen LogP contribution in [0, 0.1) is 5.41 Å². The molecule has 0 aliphatic rings. The largest absolute Gasteiger partial charge is 0.493 e. The van der Waals surface area contributed by atoms with E-state index < -0.39 is 11.6 Å². The van der Waals surface area contributed by atoms with Crippen LogP contribution in [0.4, 0.5) is 0 Å². The van der Waals surface area contributed by atoms with Crippen molar-refractivity contribution in [3.05, 3.63) is 34.0 Å². The molecule has 1 unspecified atom stereocenters. The molecule has 2 aromatic rings. The van der Waals surface area contributed by atoms with Crippen molar-refractivity contribution in [1.82, 2.24) is 0 Å². The van der Waals surface area contributed by atoms with E-state index in [-0.39, 0.29) is 12.0 Å². The quantitative estimate of drug-likeness (QED) is 0.491. The van der Waals surface area contributed by atoms with Crippen LogP contribution < -0.4 is 9.47 Å². The Morgan fingerprint density at radius 2 is 1.73 bits per heavy atom. The first-order valence-electron chi connectivity index (χ1n) is 10.4. The summed E-state index contributed by atoms with van der Waals surface area (Å²) in [5.41, 5.74) is 0.474. The van der Waals surface area contributed by atoms with Gasteiger partial charge in [-0.15, -0.1) is 11.3 Å². The zero-order valence-electron chi connectivity index (χ0n) is 19.0. The number of carbonyl (C=O) groups is 1. The van der Waals surface area contributed by atoms with E-state index in [4.69, 9.17) is 9.47 Å². The molecule has 0 saturated heterocycles. The van der Waals surface area contributed by atoms with Crippen molar-refractivity contribution in [3.8, 4) is 22.6 Å². The maximum absolute atomic E-state index is 11.6. The lowest BCUT2D eigenvalue weighted by molar-refractivity contribution is -0.0727. The van der Waals surface area contributed by atoms with Gasteiger partial charge in [0.1, 0.15) is 17.1 Å². The fourth-order valence-corrected chi connectivity index (χ4v) is 4.38. The summed E-state index contributed by atoms with van der Waals surface area (Å²) in [6.07, 6.45) is 1.90. The normalized spacial score (nSPS) is 13.9. The number of carboxylic acid groups (broad SMARTS) is 1. The Morgan fingerprint density at radius 3 is 2.23 bits per heavy atom. The molecule has 1 atom stereocenters. The van der Waals surface area contributed by atoms with Gasteiger partial charge in [0.25, 0.3) is 0 Å². The third kappa shape index (κ3) is 5.16. The van der Waals surface area contributed by atoms with Crippen molar-refractivity contribution in [2.45, 2.75) is 65.9 Å². The van der Waals surface area contributed by atoms with Crippen molar-refractivity contribution in [1.29, 1.82) is 0 Å². The Bertz CT molecular complexity index is 872. The third-order valence-electron chi connectivity index (χ3n) is 5.93. The highest BCUT2D eigenvalue weighted by atomic mass is 32.1. The molecule has 0 amide bonds. The molecule has 1 aromatic heterocycles. The van der Waals surface area contributed by atoms with Gasteiger partial charge in [0.15, 0.2) is 11.5 Å². The van der Waals surface area contributed by atoms with Gasteiger partial charge in [-0.2, -0.15) is 0 Å². The summed E-state index contributed by atoms with van der Waals surface area (Å²) in [6.45, 7) is 12.0. The van der Waals surface area contributed by atoms with Crippen molar-refractivity contribution >= 4 is 17.3 Å². The van der Waals surface area contributed by atoms with Gasteiger partial charge in [0.2, 0.25) is 0 Å². The average Bonchev–Trinajstić information content (AvgIpc) is 3.12. The average molecular weight is 435 g/mol. The van der Waals surface area contributed by atoms with E-state index in [2.05, 4.69) is 13.8 Å². The lowest BCUT2D eigenvalue weighted by atomic mass is 9.78. The van der Waals surface area contributed by atoms with Crippen molar-refractivity contribution in [2.75, 3.05) is 13.7 Å². The number of carboxylic acids is 1. The topological polar surface area (TPSA) is 76.0 Å². The number of methoxy groups -OCH3 is 1. The van der Waals surface area contributed by atoms with Crippen LogP contribution in [0.25, 0.3) is 11.1 Å². The van der Waals surface area contributed by atoms with Crippen LogP contribution >= 0.6 is 11.3 Å². The zero-order chi connectivity index (χ0) is 22.7. The van der Waals surface area contributed by atoms with E-state index in [0.29, 0.717) is 22.3 Å². The molecule has 2 rings (SSSR count). The molecule has 0 bridgehead atoms.